The van der Waals surface area contributed by atoms with E-state index in [-0.39, 0.29) is 0 Å². The standard InChI is InChI=1S/C15H20ClN3O2S/c1-15(2,3)21-14(20)18-7-6-11-8-17-10-19(11)9-12-4-5-13(16)22-12/h4-5,8,10H,6-7,9H2,1-3H3,(H,18,20). The molecule has 7 heteroatoms. The summed E-state index contributed by atoms with van der Waals surface area (Å²) in [6, 6.07) is 3.90. The third-order valence-corrected chi connectivity index (χ3v) is 4.02. The van der Waals surface area contributed by atoms with Crippen LogP contribution in [0.3, 0.4) is 0 Å². The summed E-state index contributed by atoms with van der Waals surface area (Å²) in [5.41, 5.74) is 0.574. The third-order valence-electron chi connectivity index (χ3n) is 2.80. The number of amides is 1. The van der Waals surface area contributed by atoms with E-state index in [1.807, 2.05) is 39.1 Å². The number of carbonyl (C=O) groups excluding carboxylic acids is 1. The Labute approximate surface area is 139 Å². The van der Waals surface area contributed by atoms with Gasteiger partial charge in [0.25, 0.3) is 0 Å². The molecule has 0 radical (unpaired) electrons. The molecule has 2 aromatic rings. The first-order valence-corrected chi connectivity index (χ1v) is 8.23. The van der Waals surface area contributed by atoms with Crippen molar-refractivity contribution in [2.24, 2.45) is 0 Å². The molecule has 0 atom stereocenters. The van der Waals surface area contributed by atoms with Crippen LogP contribution in [-0.4, -0.2) is 27.8 Å². The fraction of sp³-hybridized carbons (Fsp3) is 0.467. The molecule has 0 aliphatic rings. The lowest BCUT2D eigenvalue weighted by atomic mass is 10.2. The van der Waals surface area contributed by atoms with Crippen LogP contribution in [0.2, 0.25) is 4.34 Å². The van der Waals surface area contributed by atoms with Gasteiger partial charge in [0.2, 0.25) is 0 Å². The van der Waals surface area contributed by atoms with Crippen LogP contribution in [0.25, 0.3) is 0 Å². The lowest BCUT2D eigenvalue weighted by Gasteiger charge is -2.19. The number of alkyl carbamates (subject to hydrolysis) is 1. The molecule has 0 saturated heterocycles. The predicted octanol–water partition coefficient (Wildman–Crippen LogP) is 3.71. The zero-order valence-corrected chi connectivity index (χ0v) is 14.5. The second-order valence-electron chi connectivity index (χ2n) is 5.90. The fourth-order valence-corrected chi connectivity index (χ4v) is 3.00. The molecule has 0 fully saturated rings. The zero-order valence-electron chi connectivity index (χ0n) is 12.9. The summed E-state index contributed by atoms with van der Waals surface area (Å²) in [5, 5.41) is 2.75. The van der Waals surface area contributed by atoms with Crippen LogP contribution in [0, 0.1) is 0 Å². The van der Waals surface area contributed by atoms with E-state index in [1.54, 1.807) is 17.7 Å². The first-order valence-electron chi connectivity index (χ1n) is 7.03. The van der Waals surface area contributed by atoms with Gasteiger partial charge in [0.05, 0.1) is 17.2 Å². The van der Waals surface area contributed by atoms with E-state index in [0.717, 1.165) is 16.6 Å². The summed E-state index contributed by atoms with van der Waals surface area (Å²) in [5.74, 6) is 0. The lowest BCUT2D eigenvalue weighted by molar-refractivity contribution is 0.0528. The molecule has 0 aliphatic carbocycles. The smallest absolute Gasteiger partial charge is 0.407 e. The molecule has 1 N–H and O–H groups in total. The van der Waals surface area contributed by atoms with Gasteiger partial charge in [-0.15, -0.1) is 11.3 Å². The van der Waals surface area contributed by atoms with Gasteiger partial charge >= 0.3 is 6.09 Å². The molecule has 120 valence electrons. The van der Waals surface area contributed by atoms with Crippen molar-refractivity contribution in [2.45, 2.75) is 39.3 Å². The van der Waals surface area contributed by atoms with Crippen LogP contribution < -0.4 is 5.32 Å². The largest absolute Gasteiger partial charge is 0.444 e. The molecular weight excluding hydrogens is 322 g/mol. The second-order valence-corrected chi connectivity index (χ2v) is 7.70. The third kappa shape index (κ3) is 5.35. The molecule has 1 amide bonds. The predicted molar refractivity (Wildman–Crippen MR) is 88.6 cm³/mol. The van der Waals surface area contributed by atoms with Gasteiger partial charge in [-0.2, -0.15) is 0 Å². The maximum Gasteiger partial charge on any atom is 0.407 e. The molecule has 0 unspecified atom stereocenters. The minimum absolute atomic E-state index is 0.399. The Morgan fingerprint density at radius 1 is 1.45 bits per heavy atom. The normalized spacial score (nSPS) is 11.5. The minimum atomic E-state index is -0.482. The van der Waals surface area contributed by atoms with E-state index < -0.39 is 11.7 Å². The molecule has 22 heavy (non-hydrogen) atoms. The van der Waals surface area contributed by atoms with E-state index in [9.17, 15) is 4.79 Å². The second kappa shape index (κ2) is 7.15. The van der Waals surface area contributed by atoms with Crippen LogP contribution in [0.4, 0.5) is 4.79 Å². The molecule has 2 rings (SSSR count). The van der Waals surface area contributed by atoms with Gasteiger partial charge in [-0.1, -0.05) is 11.6 Å². The maximum absolute atomic E-state index is 11.6. The van der Waals surface area contributed by atoms with Gasteiger partial charge in [0.15, 0.2) is 0 Å². The summed E-state index contributed by atoms with van der Waals surface area (Å²) in [4.78, 5) is 16.9. The van der Waals surface area contributed by atoms with Crippen LogP contribution >= 0.6 is 22.9 Å². The van der Waals surface area contributed by atoms with Crippen molar-refractivity contribution in [3.05, 3.63) is 39.6 Å². The molecule has 0 bridgehead atoms. The average Bonchev–Trinajstić information content (AvgIpc) is 2.98. The maximum atomic E-state index is 11.6. The molecule has 2 heterocycles. The number of nitrogens with zero attached hydrogens (tertiary/aromatic N) is 2. The van der Waals surface area contributed by atoms with Crippen molar-refractivity contribution in [1.82, 2.24) is 14.9 Å². The molecule has 0 aliphatic heterocycles. The Morgan fingerprint density at radius 3 is 2.86 bits per heavy atom. The Balaban J connectivity index is 1.84. The number of hydrogen-bond acceptors (Lipinski definition) is 4. The van der Waals surface area contributed by atoms with Gasteiger partial charge < -0.3 is 14.6 Å². The average molecular weight is 342 g/mol. The number of aromatic nitrogens is 2. The zero-order chi connectivity index (χ0) is 16.2. The number of ether oxygens (including phenoxy) is 1. The number of rotatable bonds is 5. The van der Waals surface area contributed by atoms with E-state index >= 15 is 0 Å². The van der Waals surface area contributed by atoms with Crippen molar-refractivity contribution < 1.29 is 9.53 Å². The van der Waals surface area contributed by atoms with Crippen molar-refractivity contribution in [1.29, 1.82) is 0 Å². The van der Waals surface area contributed by atoms with Gasteiger partial charge in [-0.3, -0.25) is 0 Å². The van der Waals surface area contributed by atoms with Gasteiger partial charge in [0.1, 0.15) is 5.60 Å². The van der Waals surface area contributed by atoms with Crippen molar-refractivity contribution in [3.8, 4) is 0 Å². The fourth-order valence-electron chi connectivity index (χ4n) is 1.91. The number of nitrogens with one attached hydrogen (secondary N) is 1. The lowest BCUT2D eigenvalue weighted by Crippen LogP contribution is -2.33. The first kappa shape index (κ1) is 16.8. The molecule has 0 aromatic carbocycles. The summed E-state index contributed by atoms with van der Waals surface area (Å²) in [6.07, 6.45) is 3.89. The topological polar surface area (TPSA) is 56.1 Å². The first-order chi connectivity index (χ1) is 10.3. The Morgan fingerprint density at radius 2 is 2.23 bits per heavy atom. The highest BCUT2D eigenvalue weighted by Crippen LogP contribution is 2.22. The van der Waals surface area contributed by atoms with Crippen molar-refractivity contribution in [2.75, 3.05) is 6.54 Å². The summed E-state index contributed by atoms with van der Waals surface area (Å²) >= 11 is 7.50. The Kier molecular flexibility index (Phi) is 5.47. The highest BCUT2D eigenvalue weighted by atomic mass is 35.5. The molecule has 5 nitrogen and oxygen atoms in total. The Bertz CT molecular complexity index is 631. The van der Waals surface area contributed by atoms with Crippen LogP contribution in [0.5, 0.6) is 0 Å². The molecule has 0 saturated carbocycles. The number of halogens is 1. The number of carbonyl (C=O) groups is 1. The van der Waals surface area contributed by atoms with E-state index in [4.69, 9.17) is 16.3 Å². The van der Waals surface area contributed by atoms with Gasteiger partial charge in [-0.05, 0) is 32.9 Å². The number of thiophene rings is 1. The SMILES string of the molecule is CC(C)(C)OC(=O)NCCc1cncn1Cc1ccc(Cl)s1. The molecule has 2 aromatic heterocycles. The quantitative estimate of drug-likeness (QED) is 0.901. The van der Waals surface area contributed by atoms with Crippen molar-refractivity contribution >= 4 is 29.0 Å². The van der Waals surface area contributed by atoms with Gasteiger partial charge in [0, 0.05) is 29.7 Å². The van der Waals surface area contributed by atoms with E-state index in [1.165, 1.54) is 4.88 Å². The summed E-state index contributed by atoms with van der Waals surface area (Å²) < 4.78 is 8.04. The molecular formula is C15H20ClN3O2S. The van der Waals surface area contributed by atoms with Gasteiger partial charge in [-0.25, -0.2) is 9.78 Å². The monoisotopic (exact) mass is 341 g/mol. The van der Waals surface area contributed by atoms with Crippen LogP contribution in [0.1, 0.15) is 31.3 Å². The van der Waals surface area contributed by atoms with Crippen LogP contribution in [0.15, 0.2) is 24.7 Å². The molecule has 0 spiro atoms. The highest BCUT2D eigenvalue weighted by Gasteiger charge is 2.15. The van der Waals surface area contributed by atoms with E-state index in [2.05, 4.69) is 14.9 Å². The Hall–Kier alpha value is -1.53. The number of hydrogen-bond donors (Lipinski definition) is 1. The highest BCUT2D eigenvalue weighted by molar-refractivity contribution is 7.16. The summed E-state index contributed by atoms with van der Waals surface area (Å²) in [7, 11) is 0. The minimum Gasteiger partial charge on any atom is -0.444 e. The van der Waals surface area contributed by atoms with Crippen molar-refractivity contribution in [3.63, 3.8) is 0 Å². The van der Waals surface area contributed by atoms with E-state index in [0.29, 0.717) is 13.0 Å². The van der Waals surface area contributed by atoms with Crippen LogP contribution in [-0.2, 0) is 17.7 Å². The summed E-state index contributed by atoms with van der Waals surface area (Å²) in [6.45, 7) is 6.76. The number of imidazole rings is 1.